The zero-order valence-electron chi connectivity index (χ0n) is 18.0. The number of halogens is 2. The molecule has 4 rings (SSSR count). The molecule has 0 aromatic heterocycles. The second kappa shape index (κ2) is 10.6. The fourth-order valence-electron chi connectivity index (χ4n) is 3.61. The summed E-state index contributed by atoms with van der Waals surface area (Å²) >= 11 is 12.1. The Kier molecular flexibility index (Phi) is 7.36. The van der Waals surface area contributed by atoms with Gasteiger partial charge in [-0.2, -0.15) is 0 Å². The molecule has 0 saturated heterocycles. The number of hydrogen-bond donors (Lipinski definition) is 2. The van der Waals surface area contributed by atoms with Crippen molar-refractivity contribution in [2.75, 3.05) is 0 Å². The molecule has 1 amide bonds. The number of nitrogens with one attached hydrogen (secondary N) is 1. The van der Waals surface area contributed by atoms with Crippen molar-refractivity contribution >= 4 is 45.9 Å². The third kappa shape index (κ3) is 6.07. The van der Waals surface area contributed by atoms with Crippen molar-refractivity contribution in [1.82, 2.24) is 5.32 Å². The molecule has 0 aliphatic carbocycles. The average Bonchev–Trinajstić information content (AvgIpc) is 2.82. The van der Waals surface area contributed by atoms with Gasteiger partial charge in [-0.3, -0.25) is 4.79 Å². The Labute approximate surface area is 206 Å². The Bertz CT molecular complexity index is 1320. The first kappa shape index (κ1) is 23.6. The quantitative estimate of drug-likeness (QED) is 0.308. The minimum absolute atomic E-state index is 0.202. The Morgan fingerprint density at radius 3 is 2.21 bits per heavy atom. The number of hydrogen-bond acceptors (Lipinski definition) is 3. The summed E-state index contributed by atoms with van der Waals surface area (Å²) in [5, 5.41) is 15.0. The topological polar surface area (TPSA) is 75.6 Å². The van der Waals surface area contributed by atoms with Gasteiger partial charge in [-0.05, 0) is 64.4 Å². The summed E-state index contributed by atoms with van der Waals surface area (Å²) < 4.78 is 5.86. The fraction of sp³-hybridized carbons (Fsp3) is 0.111. The van der Waals surface area contributed by atoms with Crippen LogP contribution in [0.3, 0.4) is 0 Å². The number of carbonyl (C=O) groups is 2. The summed E-state index contributed by atoms with van der Waals surface area (Å²) in [7, 11) is 0. The third-order valence-corrected chi connectivity index (χ3v) is 5.72. The van der Waals surface area contributed by atoms with Crippen LogP contribution >= 0.6 is 23.2 Å². The smallest absolute Gasteiger partial charge is 0.326 e. The van der Waals surface area contributed by atoms with Crippen LogP contribution in [0.4, 0.5) is 0 Å². The Balaban J connectivity index is 1.45. The molecule has 4 aromatic carbocycles. The van der Waals surface area contributed by atoms with E-state index in [0.717, 1.165) is 21.9 Å². The van der Waals surface area contributed by atoms with Crippen LogP contribution in [-0.4, -0.2) is 23.0 Å². The number of ether oxygens (including phenoxy) is 1. The van der Waals surface area contributed by atoms with Crippen LogP contribution in [-0.2, 0) is 17.8 Å². The van der Waals surface area contributed by atoms with Crippen LogP contribution in [0.5, 0.6) is 5.75 Å². The standard InChI is InChI=1S/C27H21Cl2NO4/c28-22-10-18(11-23(29)15-22)16-34-24-9-8-19-13-21(7-6-20(19)14-24)26(31)30-25(27(32)33)12-17-4-2-1-3-5-17/h1-11,13-15,25H,12,16H2,(H,30,31)(H,32,33). The highest BCUT2D eigenvalue weighted by atomic mass is 35.5. The summed E-state index contributed by atoms with van der Waals surface area (Å²) in [5.74, 6) is -0.862. The molecule has 7 heteroatoms. The van der Waals surface area contributed by atoms with Gasteiger partial charge in [0.25, 0.3) is 5.91 Å². The predicted octanol–water partition coefficient (Wildman–Crippen LogP) is 6.15. The lowest BCUT2D eigenvalue weighted by molar-refractivity contribution is -0.139. The highest BCUT2D eigenvalue weighted by molar-refractivity contribution is 6.34. The van der Waals surface area contributed by atoms with Gasteiger partial charge in [0.15, 0.2) is 0 Å². The maximum atomic E-state index is 12.8. The molecular weight excluding hydrogens is 473 g/mol. The van der Waals surface area contributed by atoms with E-state index in [-0.39, 0.29) is 6.42 Å². The van der Waals surface area contributed by atoms with E-state index in [1.807, 2.05) is 48.5 Å². The van der Waals surface area contributed by atoms with Gasteiger partial charge in [-0.1, -0.05) is 65.7 Å². The zero-order valence-corrected chi connectivity index (χ0v) is 19.5. The van der Waals surface area contributed by atoms with Crippen LogP contribution in [0.1, 0.15) is 21.5 Å². The molecular formula is C27H21Cl2NO4. The van der Waals surface area contributed by atoms with E-state index in [1.165, 1.54) is 0 Å². The molecule has 2 N–H and O–H groups in total. The molecule has 0 aliphatic heterocycles. The van der Waals surface area contributed by atoms with Gasteiger partial charge in [0.1, 0.15) is 18.4 Å². The summed E-state index contributed by atoms with van der Waals surface area (Å²) in [6.07, 6.45) is 0.202. The zero-order chi connectivity index (χ0) is 24.1. The average molecular weight is 494 g/mol. The van der Waals surface area contributed by atoms with Gasteiger partial charge >= 0.3 is 5.97 Å². The van der Waals surface area contributed by atoms with E-state index in [2.05, 4.69) is 5.32 Å². The van der Waals surface area contributed by atoms with Crippen molar-refractivity contribution in [1.29, 1.82) is 0 Å². The summed E-state index contributed by atoms with van der Waals surface area (Å²) in [6, 6.07) is 24.2. The Hall–Kier alpha value is -3.54. The fourth-order valence-corrected chi connectivity index (χ4v) is 4.18. The summed E-state index contributed by atoms with van der Waals surface area (Å²) in [4.78, 5) is 24.4. The summed E-state index contributed by atoms with van der Waals surface area (Å²) in [5.41, 5.74) is 2.07. The monoisotopic (exact) mass is 493 g/mol. The molecule has 0 bridgehead atoms. The van der Waals surface area contributed by atoms with Crippen molar-refractivity contribution in [2.24, 2.45) is 0 Å². The van der Waals surface area contributed by atoms with Crippen LogP contribution in [0.15, 0.2) is 84.9 Å². The Morgan fingerprint density at radius 1 is 0.824 bits per heavy atom. The predicted molar refractivity (Wildman–Crippen MR) is 134 cm³/mol. The largest absolute Gasteiger partial charge is 0.489 e. The second-order valence-corrected chi connectivity index (χ2v) is 8.72. The maximum Gasteiger partial charge on any atom is 0.326 e. The number of benzene rings is 4. The van der Waals surface area contributed by atoms with Crippen molar-refractivity contribution in [3.05, 3.63) is 112 Å². The van der Waals surface area contributed by atoms with Crippen LogP contribution in [0.2, 0.25) is 10.0 Å². The van der Waals surface area contributed by atoms with E-state index >= 15 is 0 Å². The molecule has 1 atom stereocenters. The maximum absolute atomic E-state index is 12.8. The van der Waals surface area contributed by atoms with Gasteiger partial charge in [0.2, 0.25) is 0 Å². The molecule has 0 fully saturated rings. The van der Waals surface area contributed by atoms with Gasteiger partial charge < -0.3 is 15.2 Å². The van der Waals surface area contributed by atoms with E-state index in [0.29, 0.717) is 28.0 Å². The second-order valence-electron chi connectivity index (χ2n) is 7.84. The number of aliphatic carboxylic acids is 1. The normalized spacial score (nSPS) is 11.7. The highest BCUT2D eigenvalue weighted by Crippen LogP contribution is 2.24. The lowest BCUT2D eigenvalue weighted by Crippen LogP contribution is -2.42. The van der Waals surface area contributed by atoms with E-state index in [4.69, 9.17) is 27.9 Å². The number of rotatable bonds is 8. The molecule has 172 valence electrons. The number of amides is 1. The van der Waals surface area contributed by atoms with E-state index in [9.17, 15) is 14.7 Å². The van der Waals surface area contributed by atoms with Crippen LogP contribution < -0.4 is 10.1 Å². The van der Waals surface area contributed by atoms with Gasteiger partial charge in [0.05, 0.1) is 0 Å². The van der Waals surface area contributed by atoms with Gasteiger partial charge in [0, 0.05) is 22.0 Å². The lowest BCUT2D eigenvalue weighted by atomic mass is 10.0. The minimum Gasteiger partial charge on any atom is -0.489 e. The number of carboxylic acid groups (broad SMARTS) is 1. The SMILES string of the molecule is O=C(NC(Cc1ccccc1)C(=O)O)c1ccc2cc(OCc3cc(Cl)cc(Cl)c3)ccc2c1. The number of carbonyl (C=O) groups excluding carboxylic acids is 1. The highest BCUT2D eigenvalue weighted by Gasteiger charge is 2.21. The molecule has 4 aromatic rings. The van der Waals surface area contributed by atoms with E-state index in [1.54, 1.807) is 36.4 Å². The third-order valence-electron chi connectivity index (χ3n) is 5.29. The molecule has 5 nitrogen and oxygen atoms in total. The Morgan fingerprint density at radius 2 is 1.50 bits per heavy atom. The minimum atomic E-state index is -1.08. The van der Waals surface area contributed by atoms with Crippen molar-refractivity contribution in [3.63, 3.8) is 0 Å². The molecule has 34 heavy (non-hydrogen) atoms. The molecule has 0 saturated carbocycles. The lowest BCUT2D eigenvalue weighted by Gasteiger charge is -2.15. The van der Waals surface area contributed by atoms with Crippen LogP contribution in [0, 0.1) is 0 Å². The first-order valence-corrected chi connectivity index (χ1v) is 11.3. The molecule has 0 radical (unpaired) electrons. The van der Waals surface area contributed by atoms with Gasteiger partial charge in [-0.25, -0.2) is 4.79 Å². The summed E-state index contributed by atoms with van der Waals surface area (Å²) in [6.45, 7) is 0.310. The number of fused-ring (bicyclic) bond motifs is 1. The first-order chi connectivity index (χ1) is 16.4. The molecule has 1 unspecified atom stereocenters. The van der Waals surface area contributed by atoms with Crippen molar-refractivity contribution in [3.8, 4) is 5.75 Å². The van der Waals surface area contributed by atoms with Gasteiger partial charge in [-0.15, -0.1) is 0 Å². The van der Waals surface area contributed by atoms with Crippen molar-refractivity contribution < 1.29 is 19.4 Å². The molecule has 0 heterocycles. The van der Waals surface area contributed by atoms with Crippen LogP contribution in [0.25, 0.3) is 10.8 Å². The molecule has 0 spiro atoms. The van der Waals surface area contributed by atoms with E-state index < -0.39 is 17.9 Å². The molecule has 0 aliphatic rings. The van der Waals surface area contributed by atoms with Crippen molar-refractivity contribution in [2.45, 2.75) is 19.1 Å². The first-order valence-electron chi connectivity index (χ1n) is 10.6. The number of carboxylic acids is 1.